The van der Waals surface area contributed by atoms with E-state index in [1.165, 1.54) is 22.9 Å². The molecule has 3 rings (SSSR count). The predicted molar refractivity (Wildman–Crippen MR) is 118 cm³/mol. The van der Waals surface area contributed by atoms with Crippen LogP contribution in [0.3, 0.4) is 0 Å². The minimum atomic E-state index is -0.438. The highest BCUT2D eigenvalue weighted by molar-refractivity contribution is 5.61. The first-order valence-corrected chi connectivity index (χ1v) is 10.2. The number of likely N-dealkylation sites (N-methyl/N-ethyl adjacent to an activating group) is 1. The van der Waals surface area contributed by atoms with Crippen LogP contribution in [0.25, 0.3) is 5.76 Å². The van der Waals surface area contributed by atoms with Gasteiger partial charge in [-0.1, -0.05) is 6.07 Å². The molecule has 0 fully saturated rings. The molecule has 10 heteroatoms. The van der Waals surface area contributed by atoms with Crippen molar-refractivity contribution in [3.05, 3.63) is 69.9 Å². The number of benzene rings is 2. The van der Waals surface area contributed by atoms with Gasteiger partial charge in [-0.3, -0.25) is 15.0 Å². The molecule has 2 aromatic rings. The summed E-state index contributed by atoms with van der Waals surface area (Å²) in [7, 11) is 5.34. The van der Waals surface area contributed by atoms with Gasteiger partial charge in [0.1, 0.15) is 0 Å². The number of nitrogens with zero attached hydrogens (tertiary/aromatic N) is 3. The zero-order valence-electron chi connectivity index (χ0n) is 18.4. The molecule has 172 valence electrons. The van der Waals surface area contributed by atoms with Gasteiger partial charge in [0.2, 0.25) is 0 Å². The number of hydrazine groups is 1. The molecule has 0 aromatic heterocycles. The minimum Gasteiger partial charge on any atom is -0.493 e. The Balaban J connectivity index is 1.36. The molecule has 0 saturated carbocycles. The van der Waals surface area contributed by atoms with Crippen molar-refractivity contribution in [2.45, 2.75) is 12.8 Å². The first kappa shape index (κ1) is 23.3. The van der Waals surface area contributed by atoms with Gasteiger partial charge < -0.3 is 19.2 Å². The summed E-state index contributed by atoms with van der Waals surface area (Å²) in [4.78, 5) is 23.6. The van der Waals surface area contributed by atoms with E-state index in [0.29, 0.717) is 17.9 Å². The second-order valence-electron chi connectivity index (χ2n) is 7.25. The quantitative estimate of drug-likeness (QED) is 0.301. The Morgan fingerprint density at radius 2 is 1.84 bits per heavy atom. The normalized spacial score (nSPS) is 13.1. The van der Waals surface area contributed by atoms with Gasteiger partial charge in [0.05, 0.1) is 31.9 Å². The van der Waals surface area contributed by atoms with Gasteiger partial charge in [-0.05, 0) is 55.3 Å². The molecular formula is C22H28N4O6. The van der Waals surface area contributed by atoms with Crippen LogP contribution in [0.4, 0.5) is 5.69 Å². The van der Waals surface area contributed by atoms with Crippen LogP contribution in [-0.2, 0) is 16.1 Å². The Hall–Kier alpha value is -3.34. The number of hydroxylamine groups is 1. The minimum absolute atomic E-state index is 0.0312. The van der Waals surface area contributed by atoms with Crippen LogP contribution >= 0.6 is 0 Å². The smallest absolute Gasteiger partial charge is 0.269 e. The van der Waals surface area contributed by atoms with Crippen molar-refractivity contribution >= 4 is 11.4 Å². The van der Waals surface area contributed by atoms with Gasteiger partial charge >= 0.3 is 0 Å². The molecule has 0 amide bonds. The van der Waals surface area contributed by atoms with E-state index in [0.717, 1.165) is 37.4 Å². The molecule has 0 spiro atoms. The molecule has 0 saturated heterocycles. The Labute approximate surface area is 186 Å². The van der Waals surface area contributed by atoms with Crippen LogP contribution in [0.5, 0.6) is 11.5 Å². The number of nitro groups is 1. The zero-order chi connectivity index (χ0) is 22.9. The van der Waals surface area contributed by atoms with Crippen LogP contribution in [0.1, 0.15) is 17.5 Å². The largest absolute Gasteiger partial charge is 0.493 e. The van der Waals surface area contributed by atoms with E-state index >= 15 is 0 Å². The second kappa shape index (κ2) is 11.3. The Bertz CT molecular complexity index is 935. The van der Waals surface area contributed by atoms with Crippen LogP contribution in [-0.4, -0.2) is 56.0 Å². The molecule has 0 radical (unpaired) electrons. The maximum atomic E-state index is 10.7. The molecule has 0 atom stereocenters. The monoisotopic (exact) mass is 444 g/mol. The lowest BCUT2D eigenvalue weighted by atomic mass is 10.1. The number of non-ortho nitro benzene ring substituents is 1. The third-order valence-corrected chi connectivity index (χ3v) is 4.99. The van der Waals surface area contributed by atoms with E-state index < -0.39 is 4.92 Å². The molecule has 10 nitrogen and oxygen atoms in total. The standard InChI is InChI=1S/C22H28N4O6/c1-24(13-11-17-5-10-20(29-2)21(15-17)30-3)12-4-14-31-25-16-22(32-23-25)18-6-8-19(9-7-18)26(27)28/h5-10,15-16,23H,4,11-14H2,1-3H3. The molecule has 0 aliphatic carbocycles. The van der Waals surface area contributed by atoms with E-state index in [-0.39, 0.29) is 5.69 Å². The number of hydrogen-bond acceptors (Lipinski definition) is 9. The average molecular weight is 444 g/mol. The molecular weight excluding hydrogens is 416 g/mol. The first-order chi connectivity index (χ1) is 15.5. The number of ether oxygens (including phenoxy) is 2. The predicted octanol–water partition coefficient (Wildman–Crippen LogP) is 3.16. The summed E-state index contributed by atoms with van der Waals surface area (Å²) in [5.74, 6) is 1.99. The molecule has 1 heterocycles. The highest BCUT2D eigenvalue weighted by Gasteiger charge is 2.17. The molecule has 1 N–H and O–H groups in total. The fraction of sp³-hybridized carbons (Fsp3) is 0.364. The molecule has 2 aromatic carbocycles. The molecule has 1 aliphatic heterocycles. The number of methoxy groups -OCH3 is 2. The molecule has 32 heavy (non-hydrogen) atoms. The molecule has 0 unspecified atom stereocenters. The maximum absolute atomic E-state index is 10.7. The Kier molecular flexibility index (Phi) is 8.26. The highest BCUT2D eigenvalue weighted by Crippen LogP contribution is 2.27. The number of hydrogen-bond donors (Lipinski definition) is 1. The molecule has 0 bridgehead atoms. The van der Waals surface area contributed by atoms with Gasteiger partial charge in [0, 0.05) is 30.8 Å². The van der Waals surface area contributed by atoms with Gasteiger partial charge in [-0.2, -0.15) is 5.17 Å². The van der Waals surface area contributed by atoms with E-state index in [1.807, 2.05) is 18.2 Å². The summed E-state index contributed by atoms with van der Waals surface area (Å²) in [6.07, 6.45) is 3.39. The van der Waals surface area contributed by atoms with E-state index in [9.17, 15) is 10.1 Å². The summed E-state index contributed by atoms with van der Waals surface area (Å²) >= 11 is 0. The summed E-state index contributed by atoms with van der Waals surface area (Å²) in [5, 5.41) is 12.1. The summed E-state index contributed by atoms with van der Waals surface area (Å²) in [5.41, 5.74) is 4.58. The number of rotatable bonds is 12. The van der Waals surface area contributed by atoms with Crippen LogP contribution in [0, 0.1) is 10.1 Å². The van der Waals surface area contributed by atoms with Crippen molar-refractivity contribution in [1.82, 2.24) is 15.7 Å². The van der Waals surface area contributed by atoms with Crippen molar-refractivity contribution < 1.29 is 24.1 Å². The fourth-order valence-electron chi connectivity index (χ4n) is 3.16. The SMILES string of the molecule is COc1ccc(CCN(C)CCCON2C=C(c3ccc([N+](=O)[O-])cc3)ON2)cc1OC. The van der Waals surface area contributed by atoms with Crippen molar-refractivity contribution in [2.75, 3.05) is 41.0 Å². The first-order valence-electron chi connectivity index (χ1n) is 10.2. The van der Waals surface area contributed by atoms with Crippen LogP contribution in [0.15, 0.2) is 48.7 Å². The zero-order valence-corrected chi connectivity index (χ0v) is 18.4. The maximum Gasteiger partial charge on any atom is 0.269 e. The number of nitrogens with one attached hydrogen (secondary N) is 1. The van der Waals surface area contributed by atoms with Crippen molar-refractivity contribution in [3.8, 4) is 11.5 Å². The van der Waals surface area contributed by atoms with Gasteiger partial charge in [-0.15, -0.1) is 0 Å². The third-order valence-electron chi connectivity index (χ3n) is 4.99. The van der Waals surface area contributed by atoms with E-state index in [4.69, 9.17) is 19.1 Å². The lowest BCUT2D eigenvalue weighted by Crippen LogP contribution is -2.29. The van der Waals surface area contributed by atoms with Crippen molar-refractivity contribution in [1.29, 1.82) is 0 Å². The third kappa shape index (κ3) is 6.33. The summed E-state index contributed by atoms with van der Waals surface area (Å²) in [6, 6.07) is 12.1. The van der Waals surface area contributed by atoms with Crippen molar-refractivity contribution in [2.24, 2.45) is 0 Å². The van der Waals surface area contributed by atoms with Gasteiger partial charge in [0.15, 0.2) is 17.3 Å². The second-order valence-corrected chi connectivity index (χ2v) is 7.25. The lowest BCUT2D eigenvalue weighted by molar-refractivity contribution is -0.384. The highest BCUT2D eigenvalue weighted by atomic mass is 16.8. The van der Waals surface area contributed by atoms with Crippen molar-refractivity contribution in [3.63, 3.8) is 0 Å². The van der Waals surface area contributed by atoms with Crippen LogP contribution < -0.4 is 15.1 Å². The number of nitro benzene ring substituents is 1. The van der Waals surface area contributed by atoms with E-state index in [2.05, 4.69) is 17.5 Å². The van der Waals surface area contributed by atoms with Gasteiger partial charge in [0.25, 0.3) is 5.69 Å². The van der Waals surface area contributed by atoms with Crippen LogP contribution in [0.2, 0.25) is 0 Å². The summed E-state index contributed by atoms with van der Waals surface area (Å²) < 4.78 is 10.6. The summed E-state index contributed by atoms with van der Waals surface area (Å²) in [6.45, 7) is 2.28. The topological polar surface area (TPSA) is 98.6 Å². The Morgan fingerprint density at radius 3 is 2.53 bits per heavy atom. The molecule has 1 aliphatic rings. The van der Waals surface area contributed by atoms with Gasteiger partial charge in [-0.25, -0.2) is 0 Å². The Morgan fingerprint density at radius 1 is 1.09 bits per heavy atom. The average Bonchev–Trinajstić information content (AvgIpc) is 3.29. The fourth-order valence-corrected chi connectivity index (χ4v) is 3.16. The lowest BCUT2D eigenvalue weighted by Gasteiger charge is -2.18. The van der Waals surface area contributed by atoms with E-state index in [1.54, 1.807) is 32.6 Å².